The van der Waals surface area contributed by atoms with Crippen LogP contribution in [0.5, 0.6) is 0 Å². The molecule has 1 aliphatic carbocycles. The summed E-state index contributed by atoms with van der Waals surface area (Å²) in [4.78, 5) is 2.57. The Morgan fingerprint density at radius 3 is 2.50 bits per heavy atom. The lowest BCUT2D eigenvalue weighted by atomic mass is 9.90. The first kappa shape index (κ1) is 14.0. The zero-order chi connectivity index (χ0) is 12.0. The lowest BCUT2D eigenvalue weighted by molar-refractivity contribution is 0.162. The van der Waals surface area contributed by atoms with Gasteiger partial charge in [0.15, 0.2) is 0 Å². The van der Waals surface area contributed by atoms with Crippen LogP contribution in [0.15, 0.2) is 11.1 Å². The highest BCUT2D eigenvalue weighted by Gasteiger charge is 2.23. The van der Waals surface area contributed by atoms with Crippen LogP contribution in [0.4, 0.5) is 0 Å². The molecule has 0 atom stereocenters. The zero-order valence-electron chi connectivity index (χ0n) is 10.6. The monoisotopic (exact) mass is 244 g/mol. The summed E-state index contributed by atoms with van der Waals surface area (Å²) in [5.74, 6) is 0. The second-order valence-corrected chi connectivity index (χ2v) is 5.21. The minimum Gasteiger partial charge on any atom is -0.328 e. The molecule has 2 N–H and O–H groups in total. The molecular formula is C13H25ClN2. The van der Waals surface area contributed by atoms with Crippen molar-refractivity contribution in [2.45, 2.75) is 58.0 Å². The Hall–Kier alpha value is -0.0500. The third kappa shape index (κ3) is 4.44. The van der Waals surface area contributed by atoms with Crippen LogP contribution in [0, 0.1) is 0 Å². The number of hydrogen-bond acceptors (Lipinski definition) is 2. The highest BCUT2D eigenvalue weighted by molar-refractivity contribution is 6.25. The van der Waals surface area contributed by atoms with E-state index in [4.69, 9.17) is 17.3 Å². The van der Waals surface area contributed by atoms with Crippen LogP contribution >= 0.6 is 11.6 Å². The highest BCUT2D eigenvalue weighted by atomic mass is 35.5. The molecule has 3 heteroatoms. The maximum absolute atomic E-state index is 5.95. The van der Waals surface area contributed by atoms with Gasteiger partial charge in [-0.2, -0.15) is 0 Å². The van der Waals surface area contributed by atoms with Gasteiger partial charge in [0.25, 0.3) is 0 Å². The van der Waals surface area contributed by atoms with Crippen molar-refractivity contribution in [2.75, 3.05) is 13.1 Å². The fraction of sp³-hybridized carbons (Fsp3) is 0.846. The van der Waals surface area contributed by atoms with E-state index in [9.17, 15) is 0 Å². The second-order valence-electron chi connectivity index (χ2n) is 4.99. The molecule has 0 aliphatic heterocycles. The summed E-state index contributed by atoms with van der Waals surface area (Å²) in [6.07, 6.45) is 6.05. The topological polar surface area (TPSA) is 29.3 Å². The highest BCUT2D eigenvalue weighted by Crippen LogP contribution is 2.23. The minimum atomic E-state index is 0.435. The molecule has 0 saturated heterocycles. The van der Waals surface area contributed by atoms with E-state index in [0.717, 1.165) is 6.54 Å². The van der Waals surface area contributed by atoms with E-state index in [0.29, 0.717) is 12.1 Å². The molecule has 1 fully saturated rings. The van der Waals surface area contributed by atoms with Gasteiger partial charge in [-0.15, -0.1) is 0 Å². The van der Waals surface area contributed by atoms with Gasteiger partial charge in [0.1, 0.15) is 0 Å². The van der Waals surface area contributed by atoms with Crippen molar-refractivity contribution in [1.29, 1.82) is 0 Å². The van der Waals surface area contributed by atoms with Crippen molar-refractivity contribution in [3.05, 3.63) is 11.1 Å². The normalized spacial score (nSPS) is 27.4. The maximum atomic E-state index is 5.95. The molecule has 0 heterocycles. The van der Waals surface area contributed by atoms with Crippen molar-refractivity contribution in [3.8, 4) is 0 Å². The molecule has 0 radical (unpaired) electrons. The van der Waals surface area contributed by atoms with Gasteiger partial charge in [0, 0.05) is 24.2 Å². The van der Waals surface area contributed by atoms with Gasteiger partial charge in [-0.25, -0.2) is 0 Å². The van der Waals surface area contributed by atoms with Crippen LogP contribution in [-0.4, -0.2) is 30.1 Å². The standard InChI is InChI=1S/C13H25ClN2/c1-3-8-16(10-11(2)9-14)13-6-4-12(15)5-7-13/h9,12-13H,3-8,10,15H2,1-2H3. The summed E-state index contributed by atoms with van der Waals surface area (Å²) in [5, 5.41) is 0. The fourth-order valence-corrected chi connectivity index (χ4v) is 2.57. The molecule has 94 valence electrons. The summed E-state index contributed by atoms with van der Waals surface area (Å²) in [7, 11) is 0. The third-order valence-corrected chi connectivity index (χ3v) is 3.78. The number of nitrogens with zero attached hydrogens (tertiary/aromatic N) is 1. The number of hydrogen-bond donors (Lipinski definition) is 1. The Morgan fingerprint density at radius 1 is 1.38 bits per heavy atom. The van der Waals surface area contributed by atoms with Gasteiger partial charge in [-0.05, 0) is 51.1 Å². The van der Waals surface area contributed by atoms with Gasteiger partial charge in [-0.1, -0.05) is 18.5 Å². The summed E-state index contributed by atoms with van der Waals surface area (Å²) in [6.45, 7) is 6.52. The van der Waals surface area contributed by atoms with Gasteiger partial charge in [0.05, 0.1) is 0 Å². The van der Waals surface area contributed by atoms with Crippen LogP contribution in [0.3, 0.4) is 0 Å². The number of nitrogens with two attached hydrogens (primary N) is 1. The Morgan fingerprint density at radius 2 is 2.00 bits per heavy atom. The first-order chi connectivity index (χ1) is 7.67. The molecule has 16 heavy (non-hydrogen) atoms. The molecule has 0 unspecified atom stereocenters. The number of rotatable bonds is 5. The molecule has 0 bridgehead atoms. The van der Waals surface area contributed by atoms with Crippen LogP contribution in [0.2, 0.25) is 0 Å². The maximum Gasteiger partial charge on any atom is 0.0204 e. The quantitative estimate of drug-likeness (QED) is 0.805. The minimum absolute atomic E-state index is 0.435. The molecule has 0 aromatic heterocycles. The van der Waals surface area contributed by atoms with E-state index < -0.39 is 0 Å². The summed E-state index contributed by atoms with van der Waals surface area (Å²) >= 11 is 5.75. The Kier molecular flexibility index (Phi) is 6.40. The molecule has 1 aliphatic rings. The zero-order valence-corrected chi connectivity index (χ0v) is 11.3. The molecule has 0 amide bonds. The van der Waals surface area contributed by atoms with E-state index in [1.54, 1.807) is 5.54 Å². The van der Waals surface area contributed by atoms with E-state index in [-0.39, 0.29) is 0 Å². The summed E-state index contributed by atoms with van der Waals surface area (Å²) < 4.78 is 0. The Bertz CT molecular complexity index is 220. The van der Waals surface area contributed by atoms with Crippen molar-refractivity contribution < 1.29 is 0 Å². The first-order valence-corrected chi connectivity index (χ1v) is 6.86. The number of halogens is 1. The summed E-state index contributed by atoms with van der Waals surface area (Å²) in [5.41, 5.74) is 8.91. The predicted molar refractivity (Wildman–Crippen MR) is 71.7 cm³/mol. The van der Waals surface area contributed by atoms with Crippen molar-refractivity contribution in [3.63, 3.8) is 0 Å². The van der Waals surface area contributed by atoms with Crippen LogP contribution < -0.4 is 5.73 Å². The smallest absolute Gasteiger partial charge is 0.0204 e. The molecule has 0 aromatic carbocycles. The van der Waals surface area contributed by atoms with Crippen molar-refractivity contribution in [2.24, 2.45) is 5.73 Å². The van der Waals surface area contributed by atoms with Crippen LogP contribution in [0.25, 0.3) is 0 Å². The van der Waals surface area contributed by atoms with Crippen LogP contribution in [0.1, 0.15) is 46.0 Å². The first-order valence-electron chi connectivity index (χ1n) is 6.42. The second kappa shape index (κ2) is 7.31. The van der Waals surface area contributed by atoms with Crippen molar-refractivity contribution >= 4 is 11.6 Å². The Balaban J connectivity index is 2.48. The molecule has 0 spiro atoms. The lowest BCUT2D eigenvalue weighted by Gasteiger charge is -2.36. The average molecular weight is 245 g/mol. The molecule has 0 aromatic rings. The summed E-state index contributed by atoms with van der Waals surface area (Å²) in [6, 6.07) is 1.15. The fourth-order valence-electron chi connectivity index (χ4n) is 2.50. The van der Waals surface area contributed by atoms with Gasteiger partial charge in [0.2, 0.25) is 0 Å². The van der Waals surface area contributed by atoms with Gasteiger partial charge >= 0.3 is 0 Å². The molecule has 1 rings (SSSR count). The van der Waals surface area contributed by atoms with Gasteiger partial charge in [-0.3, -0.25) is 4.90 Å². The SMILES string of the molecule is CCCN(CC(C)=CCl)C1CCC(N)CC1. The van der Waals surface area contributed by atoms with E-state index in [1.807, 2.05) is 0 Å². The van der Waals surface area contributed by atoms with E-state index in [2.05, 4.69) is 18.7 Å². The van der Waals surface area contributed by atoms with Crippen molar-refractivity contribution in [1.82, 2.24) is 4.90 Å². The van der Waals surface area contributed by atoms with Crippen LogP contribution in [-0.2, 0) is 0 Å². The predicted octanol–water partition coefficient (Wildman–Crippen LogP) is 3.11. The largest absolute Gasteiger partial charge is 0.328 e. The molecule has 2 nitrogen and oxygen atoms in total. The molecular weight excluding hydrogens is 220 g/mol. The average Bonchev–Trinajstić information content (AvgIpc) is 2.29. The van der Waals surface area contributed by atoms with E-state index in [1.165, 1.54) is 44.2 Å². The third-order valence-electron chi connectivity index (χ3n) is 3.41. The van der Waals surface area contributed by atoms with E-state index >= 15 is 0 Å². The Labute approximate surface area is 105 Å². The molecule has 1 saturated carbocycles. The van der Waals surface area contributed by atoms with Gasteiger partial charge < -0.3 is 5.73 Å². The lowest BCUT2D eigenvalue weighted by Crippen LogP contribution is -2.42.